The fourth-order valence-electron chi connectivity index (χ4n) is 4.16. The first-order valence-corrected chi connectivity index (χ1v) is 8.71. The molecule has 2 rings (SSSR count). The summed E-state index contributed by atoms with van der Waals surface area (Å²) in [5.74, 6) is -0.0609. The second-order valence-corrected chi connectivity index (χ2v) is 6.76. The third-order valence-electron chi connectivity index (χ3n) is 5.60. The lowest BCUT2D eigenvalue weighted by molar-refractivity contribution is -0.153. The van der Waals surface area contributed by atoms with Crippen molar-refractivity contribution in [2.45, 2.75) is 82.3 Å². The molecule has 4 nitrogen and oxygen atoms in total. The van der Waals surface area contributed by atoms with Crippen LogP contribution in [0.5, 0.6) is 0 Å². The molecule has 0 aromatic carbocycles. The van der Waals surface area contributed by atoms with Crippen LogP contribution in [-0.4, -0.2) is 49.2 Å². The summed E-state index contributed by atoms with van der Waals surface area (Å²) in [7, 11) is 4.16. The Morgan fingerprint density at radius 3 is 2.48 bits per heavy atom. The maximum Gasteiger partial charge on any atom is 0.326 e. The molecule has 0 aromatic heterocycles. The lowest BCUT2D eigenvalue weighted by Crippen LogP contribution is -2.58. The minimum atomic E-state index is -0.470. The second kappa shape index (κ2) is 7.59. The number of ether oxygens (including phenoxy) is 1. The van der Waals surface area contributed by atoms with Crippen molar-refractivity contribution in [1.82, 2.24) is 10.2 Å². The maximum absolute atomic E-state index is 12.4. The van der Waals surface area contributed by atoms with E-state index in [9.17, 15) is 4.79 Å². The Hall–Kier alpha value is -0.610. The molecule has 0 saturated heterocycles. The normalized spacial score (nSPS) is 31.3. The zero-order valence-electron chi connectivity index (χ0n) is 14.0. The van der Waals surface area contributed by atoms with E-state index in [1.807, 2.05) is 14.0 Å². The average Bonchev–Trinajstić information content (AvgIpc) is 2.55. The van der Waals surface area contributed by atoms with Gasteiger partial charge in [-0.15, -0.1) is 0 Å². The Morgan fingerprint density at radius 1 is 1.19 bits per heavy atom. The van der Waals surface area contributed by atoms with Crippen molar-refractivity contribution in [2.75, 3.05) is 20.7 Å². The van der Waals surface area contributed by atoms with E-state index >= 15 is 0 Å². The SMILES string of the molecule is CCOC(=O)C1(NC)CCCC(N(C)C2CCCCC2)C1. The lowest BCUT2D eigenvalue weighted by atomic mass is 9.77. The average molecular weight is 296 g/mol. The van der Waals surface area contributed by atoms with Crippen molar-refractivity contribution in [1.29, 1.82) is 0 Å². The molecule has 0 aromatic rings. The first kappa shape index (κ1) is 16.8. The first-order chi connectivity index (χ1) is 10.1. The number of nitrogens with zero attached hydrogens (tertiary/aromatic N) is 1. The van der Waals surface area contributed by atoms with E-state index in [1.165, 1.54) is 38.5 Å². The lowest BCUT2D eigenvalue weighted by Gasteiger charge is -2.45. The highest BCUT2D eigenvalue weighted by Crippen LogP contribution is 2.34. The fraction of sp³-hybridized carbons (Fsp3) is 0.941. The molecule has 2 aliphatic carbocycles. The van der Waals surface area contributed by atoms with Crippen molar-refractivity contribution in [3.63, 3.8) is 0 Å². The van der Waals surface area contributed by atoms with Crippen LogP contribution in [-0.2, 0) is 9.53 Å². The number of nitrogens with one attached hydrogen (secondary N) is 1. The zero-order valence-corrected chi connectivity index (χ0v) is 14.0. The van der Waals surface area contributed by atoms with Gasteiger partial charge in [-0.1, -0.05) is 19.3 Å². The molecular weight excluding hydrogens is 264 g/mol. The third-order valence-corrected chi connectivity index (χ3v) is 5.60. The van der Waals surface area contributed by atoms with Crippen LogP contribution in [0.15, 0.2) is 0 Å². The van der Waals surface area contributed by atoms with Crippen LogP contribution in [0.25, 0.3) is 0 Å². The van der Waals surface area contributed by atoms with Gasteiger partial charge >= 0.3 is 5.97 Å². The largest absolute Gasteiger partial charge is 0.465 e. The molecule has 0 spiro atoms. The van der Waals surface area contributed by atoms with Gasteiger partial charge in [0.2, 0.25) is 0 Å². The number of likely N-dealkylation sites (N-methyl/N-ethyl adjacent to an activating group) is 1. The molecule has 1 N–H and O–H groups in total. The Balaban J connectivity index is 2.02. The van der Waals surface area contributed by atoms with Gasteiger partial charge in [-0.25, -0.2) is 0 Å². The highest BCUT2D eigenvalue weighted by Gasteiger charge is 2.44. The van der Waals surface area contributed by atoms with Crippen molar-refractivity contribution in [3.8, 4) is 0 Å². The van der Waals surface area contributed by atoms with Gasteiger partial charge < -0.3 is 15.0 Å². The van der Waals surface area contributed by atoms with E-state index < -0.39 is 5.54 Å². The number of rotatable bonds is 5. The smallest absolute Gasteiger partial charge is 0.326 e. The molecule has 0 heterocycles. The second-order valence-electron chi connectivity index (χ2n) is 6.76. The standard InChI is InChI=1S/C17H32N2O2/c1-4-21-16(20)17(18-2)12-8-11-15(13-17)19(3)14-9-6-5-7-10-14/h14-15,18H,4-13H2,1-3H3. The van der Waals surface area contributed by atoms with Gasteiger partial charge in [0.25, 0.3) is 0 Å². The molecule has 21 heavy (non-hydrogen) atoms. The molecule has 4 heteroatoms. The number of esters is 1. The summed E-state index contributed by atoms with van der Waals surface area (Å²) in [6, 6.07) is 1.21. The van der Waals surface area contributed by atoms with Gasteiger partial charge in [0.1, 0.15) is 5.54 Å². The molecule has 0 bridgehead atoms. The van der Waals surface area contributed by atoms with Gasteiger partial charge in [-0.05, 0) is 59.5 Å². The summed E-state index contributed by atoms with van der Waals surface area (Å²) in [6.45, 7) is 2.35. The number of carbonyl (C=O) groups is 1. The third kappa shape index (κ3) is 3.78. The van der Waals surface area contributed by atoms with Crippen LogP contribution in [0.4, 0.5) is 0 Å². The van der Waals surface area contributed by atoms with Crippen LogP contribution >= 0.6 is 0 Å². The number of hydrogen-bond donors (Lipinski definition) is 1. The van der Waals surface area contributed by atoms with E-state index in [0.717, 1.165) is 19.3 Å². The molecule has 0 aliphatic heterocycles. The summed E-state index contributed by atoms with van der Waals surface area (Å²) in [5.41, 5.74) is -0.470. The fourth-order valence-corrected chi connectivity index (χ4v) is 4.16. The van der Waals surface area contributed by atoms with Crippen molar-refractivity contribution >= 4 is 5.97 Å². The van der Waals surface area contributed by atoms with Crippen molar-refractivity contribution in [3.05, 3.63) is 0 Å². The molecule has 2 saturated carbocycles. The molecule has 2 aliphatic rings. The van der Waals surface area contributed by atoms with E-state index in [4.69, 9.17) is 4.74 Å². The van der Waals surface area contributed by atoms with Crippen LogP contribution in [0.2, 0.25) is 0 Å². The van der Waals surface area contributed by atoms with Gasteiger partial charge in [-0.2, -0.15) is 0 Å². The highest BCUT2D eigenvalue weighted by atomic mass is 16.5. The summed E-state index contributed by atoms with van der Waals surface area (Å²) < 4.78 is 5.33. The Bertz CT molecular complexity index is 342. The summed E-state index contributed by atoms with van der Waals surface area (Å²) >= 11 is 0. The van der Waals surface area contributed by atoms with Crippen molar-refractivity contribution in [2.24, 2.45) is 0 Å². The van der Waals surface area contributed by atoms with Gasteiger partial charge in [0.05, 0.1) is 6.61 Å². The van der Waals surface area contributed by atoms with Crippen LogP contribution in [0.3, 0.4) is 0 Å². The molecule has 2 fully saturated rings. The first-order valence-electron chi connectivity index (χ1n) is 8.71. The van der Waals surface area contributed by atoms with Crippen LogP contribution in [0.1, 0.15) is 64.7 Å². The Morgan fingerprint density at radius 2 is 1.86 bits per heavy atom. The van der Waals surface area contributed by atoms with Crippen molar-refractivity contribution < 1.29 is 9.53 Å². The predicted octanol–water partition coefficient (Wildman–Crippen LogP) is 2.71. The zero-order chi connectivity index (χ0) is 15.3. The van der Waals surface area contributed by atoms with Gasteiger partial charge in [0.15, 0.2) is 0 Å². The Labute approximate surface area is 129 Å². The molecule has 122 valence electrons. The van der Waals surface area contributed by atoms with E-state index in [0.29, 0.717) is 18.7 Å². The molecule has 0 radical (unpaired) electrons. The van der Waals surface area contributed by atoms with E-state index in [-0.39, 0.29) is 5.97 Å². The van der Waals surface area contributed by atoms with Gasteiger partial charge in [0, 0.05) is 12.1 Å². The predicted molar refractivity (Wildman–Crippen MR) is 85.3 cm³/mol. The number of carbonyl (C=O) groups excluding carboxylic acids is 1. The van der Waals surface area contributed by atoms with E-state index in [2.05, 4.69) is 17.3 Å². The minimum Gasteiger partial charge on any atom is -0.465 e. The van der Waals surface area contributed by atoms with Crippen LogP contribution < -0.4 is 5.32 Å². The topological polar surface area (TPSA) is 41.6 Å². The maximum atomic E-state index is 12.4. The quantitative estimate of drug-likeness (QED) is 0.792. The Kier molecular flexibility index (Phi) is 6.06. The van der Waals surface area contributed by atoms with Crippen LogP contribution in [0, 0.1) is 0 Å². The molecular formula is C17H32N2O2. The minimum absolute atomic E-state index is 0.0609. The highest BCUT2D eigenvalue weighted by molar-refractivity contribution is 5.81. The van der Waals surface area contributed by atoms with E-state index in [1.54, 1.807) is 0 Å². The monoisotopic (exact) mass is 296 g/mol. The molecule has 2 atom stereocenters. The van der Waals surface area contributed by atoms with Gasteiger partial charge in [-0.3, -0.25) is 4.79 Å². The summed E-state index contributed by atoms with van der Waals surface area (Å²) in [4.78, 5) is 15.0. The number of hydrogen-bond acceptors (Lipinski definition) is 4. The summed E-state index contributed by atoms with van der Waals surface area (Å²) in [6.07, 6.45) is 10.8. The summed E-state index contributed by atoms with van der Waals surface area (Å²) in [5, 5.41) is 3.29. The molecule has 2 unspecified atom stereocenters. The molecule has 0 amide bonds.